The molecule has 0 bridgehead atoms. The Balaban J connectivity index is 2.41. The molecule has 0 aliphatic carbocycles. The Morgan fingerprint density at radius 3 is 2.00 bits per heavy atom. The van der Waals surface area contributed by atoms with Crippen molar-refractivity contribution < 1.29 is 0 Å². The molecule has 2 aromatic rings. The molecule has 0 atom stereocenters. The summed E-state index contributed by atoms with van der Waals surface area (Å²) in [6.45, 7) is 7.75. The Morgan fingerprint density at radius 2 is 1.53 bits per heavy atom. The molecule has 96 valence electrons. The van der Waals surface area contributed by atoms with E-state index in [0.29, 0.717) is 0 Å². The lowest BCUT2D eigenvalue weighted by atomic mass is 9.86. The van der Waals surface area contributed by atoms with Crippen LogP contribution in [0.25, 0.3) is 11.4 Å². The van der Waals surface area contributed by atoms with Gasteiger partial charge in [-0.2, -0.15) is 5.26 Å². The zero-order valence-electron chi connectivity index (χ0n) is 11.7. The van der Waals surface area contributed by atoms with Crippen LogP contribution in [0.3, 0.4) is 0 Å². The standard InChI is InChI=1S/C16H17N3/c1-11-9-12(2)19-15(18-11)13-5-7-14(8-6-13)16(3,4)10-17/h5-9H,1-4H3. The Morgan fingerprint density at radius 1 is 1.00 bits per heavy atom. The Bertz CT molecular complexity index is 614. The highest BCUT2D eigenvalue weighted by Gasteiger charge is 2.19. The first-order valence-corrected chi connectivity index (χ1v) is 6.27. The molecule has 0 unspecified atom stereocenters. The van der Waals surface area contributed by atoms with Gasteiger partial charge in [0.25, 0.3) is 0 Å². The number of benzene rings is 1. The second kappa shape index (κ2) is 4.81. The predicted octanol–water partition coefficient (Wildman–Crippen LogP) is 3.56. The van der Waals surface area contributed by atoms with Crippen molar-refractivity contribution in [2.45, 2.75) is 33.1 Å². The van der Waals surface area contributed by atoms with Crippen molar-refractivity contribution in [2.24, 2.45) is 0 Å². The van der Waals surface area contributed by atoms with Crippen LogP contribution < -0.4 is 0 Å². The van der Waals surface area contributed by atoms with E-state index < -0.39 is 5.41 Å². The van der Waals surface area contributed by atoms with Gasteiger partial charge >= 0.3 is 0 Å². The fraction of sp³-hybridized carbons (Fsp3) is 0.312. The van der Waals surface area contributed by atoms with Gasteiger partial charge in [0.05, 0.1) is 11.5 Å². The van der Waals surface area contributed by atoms with Crippen molar-refractivity contribution in [1.29, 1.82) is 5.26 Å². The zero-order chi connectivity index (χ0) is 14.0. The topological polar surface area (TPSA) is 49.6 Å². The van der Waals surface area contributed by atoms with Gasteiger partial charge in [-0.3, -0.25) is 0 Å². The zero-order valence-corrected chi connectivity index (χ0v) is 11.7. The fourth-order valence-electron chi connectivity index (χ4n) is 1.96. The van der Waals surface area contributed by atoms with E-state index in [0.717, 1.165) is 28.3 Å². The number of nitrogens with zero attached hydrogens (tertiary/aromatic N) is 3. The fourth-order valence-corrected chi connectivity index (χ4v) is 1.96. The highest BCUT2D eigenvalue weighted by molar-refractivity contribution is 5.56. The van der Waals surface area contributed by atoms with Crippen LogP contribution in [0.2, 0.25) is 0 Å². The summed E-state index contributed by atoms with van der Waals surface area (Å²) in [6, 6.07) is 12.2. The molecular formula is C16H17N3. The number of hydrogen-bond donors (Lipinski definition) is 0. The van der Waals surface area contributed by atoms with Gasteiger partial charge in [-0.25, -0.2) is 9.97 Å². The van der Waals surface area contributed by atoms with Gasteiger partial charge in [-0.05, 0) is 39.3 Å². The first-order valence-electron chi connectivity index (χ1n) is 6.27. The second-order valence-electron chi connectivity index (χ2n) is 5.29. The minimum atomic E-state index is -0.470. The maximum absolute atomic E-state index is 9.13. The van der Waals surface area contributed by atoms with E-state index in [1.807, 2.05) is 58.0 Å². The van der Waals surface area contributed by atoms with Crippen LogP contribution in [0.1, 0.15) is 30.8 Å². The molecule has 0 aliphatic heterocycles. The summed E-state index contributed by atoms with van der Waals surface area (Å²) in [7, 11) is 0. The molecule has 0 radical (unpaired) electrons. The van der Waals surface area contributed by atoms with Crippen molar-refractivity contribution in [3.63, 3.8) is 0 Å². The van der Waals surface area contributed by atoms with Crippen molar-refractivity contribution in [3.05, 3.63) is 47.3 Å². The average molecular weight is 251 g/mol. The van der Waals surface area contributed by atoms with E-state index in [2.05, 4.69) is 16.0 Å². The Labute approximate surface area is 114 Å². The van der Waals surface area contributed by atoms with E-state index in [-0.39, 0.29) is 0 Å². The molecule has 0 fully saturated rings. The van der Waals surface area contributed by atoms with Crippen LogP contribution in [0.5, 0.6) is 0 Å². The molecular weight excluding hydrogens is 234 g/mol. The number of rotatable bonds is 2. The number of hydrogen-bond acceptors (Lipinski definition) is 3. The highest BCUT2D eigenvalue weighted by atomic mass is 14.9. The maximum Gasteiger partial charge on any atom is 0.159 e. The van der Waals surface area contributed by atoms with Gasteiger partial charge < -0.3 is 0 Å². The first-order chi connectivity index (χ1) is 8.92. The van der Waals surface area contributed by atoms with Gasteiger partial charge in [-0.1, -0.05) is 24.3 Å². The summed E-state index contributed by atoms with van der Waals surface area (Å²) in [6.07, 6.45) is 0. The molecule has 0 saturated heterocycles. The molecule has 0 spiro atoms. The lowest BCUT2D eigenvalue weighted by molar-refractivity contribution is 0.687. The SMILES string of the molecule is Cc1cc(C)nc(-c2ccc(C(C)(C)C#N)cc2)n1. The van der Waals surface area contributed by atoms with Gasteiger partial charge in [0.15, 0.2) is 5.82 Å². The van der Waals surface area contributed by atoms with Gasteiger partial charge in [-0.15, -0.1) is 0 Å². The molecule has 3 heteroatoms. The van der Waals surface area contributed by atoms with Gasteiger partial charge in [0.2, 0.25) is 0 Å². The lowest BCUT2D eigenvalue weighted by Gasteiger charge is -2.15. The first kappa shape index (κ1) is 13.2. The summed E-state index contributed by atoms with van der Waals surface area (Å²) in [4.78, 5) is 8.88. The molecule has 1 aromatic carbocycles. The van der Waals surface area contributed by atoms with Crippen LogP contribution in [0, 0.1) is 25.2 Å². The van der Waals surface area contributed by atoms with Crippen LogP contribution >= 0.6 is 0 Å². The molecule has 1 aromatic heterocycles. The van der Waals surface area contributed by atoms with Crippen LogP contribution in [0.15, 0.2) is 30.3 Å². The molecule has 19 heavy (non-hydrogen) atoms. The smallest absolute Gasteiger partial charge is 0.159 e. The molecule has 3 nitrogen and oxygen atoms in total. The minimum Gasteiger partial charge on any atom is -0.233 e. The van der Waals surface area contributed by atoms with Gasteiger partial charge in [0, 0.05) is 17.0 Å². The van der Waals surface area contributed by atoms with E-state index >= 15 is 0 Å². The Kier molecular flexibility index (Phi) is 3.35. The summed E-state index contributed by atoms with van der Waals surface area (Å²) >= 11 is 0. The van der Waals surface area contributed by atoms with E-state index in [1.165, 1.54) is 0 Å². The quantitative estimate of drug-likeness (QED) is 0.820. The summed E-state index contributed by atoms with van der Waals surface area (Å²) < 4.78 is 0. The number of aromatic nitrogens is 2. The van der Waals surface area contributed by atoms with Crippen LogP contribution in [0.4, 0.5) is 0 Å². The van der Waals surface area contributed by atoms with E-state index in [9.17, 15) is 0 Å². The molecule has 0 aliphatic rings. The Hall–Kier alpha value is -2.21. The largest absolute Gasteiger partial charge is 0.233 e. The van der Waals surface area contributed by atoms with Gasteiger partial charge in [0.1, 0.15) is 0 Å². The van der Waals surface area contributed by atoms with Crippen molar-refractivity contribution in [1.82, 2.24) is 9.97 Å². The third-order valence-electron chi connectivity index (χ3n) is 3.13. The normalized spacial score (nSPS) is 11.1. The van der Waals surface area contributed by atoms with Crippen LogP contribution in [-0.2, 0) is 5.41 Å². The lowest BCUT2D eigenvalue weighted by Crippen LogP contribution is -2.13. The van der Waals surface area contributed by atoms with Crippen molar-refractivity contribution in [3.8, 4) is 17.5 Å². The molecule has 0 amide bonds. The second-order valence-corrected chi connectivity index (χ2v) is 5.29. The molecule has 0 saturated carbocycles. The summed E-state index contributed by atoms with van der Waals surface area (Å²) in [5, 5.41) is 9.13. The number of aryl methyl sites for hydroxylation is 2. The molecule has 1 heterocycles. The van der Waals surface area contributed by atoms with E-state index in [1.54, 1.807) is 0 Å². The van der Waals surface area contributed by atoms with Crippen molar-refractivity contribution >= 4 is 0 Å². The minimum absolute atomic E-state index is 0.470. The monoisotopic (exact) mass is 251 g/mol. The average Bonchev–Trinajstić information content (AvgIpc) is 2.38. The predicted molar refractivity (Wildman–Crippen MR) is 75.6 cm³/mol. The van der Waals surface area contributed by atoms with Crippen molar-refractivity contribution in [2.75, 3.05) is 0 Å². The maximum atomic E-state index is 9.13. The third kappa shape index (κ3) is 2.79. The molecule has 2 rings (SSSR count). The third-order valence-corrected chi connectivity index (χ3v) is 3.13. The molecule has 0 N–H and O–H groups in total. The summed E-state index contributed by atoms with van der Waals surface area (Å²) in [5.74, 6) is 0.735. The highest BCUT2D eigenvalue weighted by Crippen LogP contribution is 2.24. The van der Waals surface area contributed by atoms with E-state index in [4.69, 9.17) is 5.26 Å². The number of nitriles is 1. The summed E-state index contributed by atoms with van der Waals surface area (Å²) in [5.41, 5.74) is 3.43. The van der Waals surface area contributed by atoms with Crippen LogP contribution in [-0.4, -0.2) is 9.97 Å².